The Morgan fingerprint density at radius 1 is 1.25 bits per heavy atom. The molecule has 4 heterocycles. The number of anilines is 2. The predicted octanol–water partition coefficient (Wildman–Crippen LogP) is 2.46. The summed E-state index contributed by atoms with van der Waals surface area (Å²) in [6.07, 6.45) is 8.24. The van der Waals surface area contributed by atoms with Gasteiger partial charge in [-0.3, -0.25) is 9.78 Å². The van der Waals surface area contributed by atoms with E-state index in [1.807, 2.05) is 17.0 Å². The Morgan fingerprint density at radius 2 is 2.07 bits per heavy atom. The second-order valence-electron chi connectivity index (χ2n) is 7.75. The number of carbonyl (C=O) groups excluding carboxylic acids is 1. The zero-order chi connectivity index (χ0) is 19.6. The molecule has 28 heavy (non-hydrogen) atoms. The van der Waals surface area contributed by atoms with E-state index in [2.05, 4.69) is 25.2 Å². The normalized spacial score (nSPS) is 22.6. The van der Waals surface area contributed by atoms with Crippen molar-refractivity contribution in [2.75, 3.05) is 36.9 Å². The van der Waals surface area contributed by atoms with Crippen molar-refractivity contribution in [3.05, 3.63) is 42.1 Å². The molecule has 1 spiro atoms. The lowest BCUT2D eigenvalue weighted by Gasteiger charge is -2.48. The molecule has 0 aromatic carbocycles. The summed E-state index contributed by atoms with van der Waals surface area (Å²) in [5.41, 5.74) is 1.12. The summed E-state index contributed by atoms with van der Waals surface area (Å²) in [5.74, 6) is 0.505. The second-order valence-corrected chi connectivity index (χ2v) is 7.75. The van der Waals surface area contributed by atoms with Crippen LogP contribution in [-0.4, -0.2) is 52.4 Å². The second kappa shape index (κ2) is 7.69. The van der Waals surface area contributed by atoms with Gasteiger partial charge in [-0.15, -0.1) is 0 Å². The van der Waals surface area contributed by atoms with Crippen LogP contribution in [0.5, 0.6) is 0 Å². The van der Waals surface area contributed by atoms with Crippen molar-refractivity contribution in [2.45, 2.75) is 32.2 Å². The summed E-state index contributed by atoms with van der Waals surface area (Å²) >= 11 is 0. The smallest absolute Gasteiger partial charge is 0.227 e. The number of hydrogen-bond acceptors (Lipinski definition) is 6. The first-order valence-electron chi connectivity index (χ1n) is 9.70. The van der Waals surface area contributed by atoms with Gasteiger partial charge in [0, 0.05) is 57.5 Å². The maximum Gasteiger partial charge on any atom is 0.227 e. The van der Waals surface area contributed by atoms with Crippen molar-refractivity contribution in [3.63, 3.8) is 0 Å². The van der Waals surface area contributed by atoms with E-state index in [1.165, 1.54) is 6.20 Å². The number of rotatable bonds is 4. The van der Waals surface area contributed by atoms with Crippen LogP contribution >= 0.6 is 0 Å². The molecule has 1 atom stereocenters. The van der Waals surface area contributed by atoms with Gasteiger partial charge in [0.1, 0.15) is 0 Å². The highest BCUT2D eigenvalue weighted by atomic mass is 19.1. The molecule has 0 bridgehead atoms. The lowest BCUT2D eigenvalue weighted by Crippen LogP contribution is -2.54. The molecule has 2 aromatic rings. The van der Waals surface area contributed by atoms with Crippen molar-refractivity contribution in [2.24, 2.45) is 5.41 Å². The average Bonchev–Trinajstić information content (AvgIpc) is 2.72. The van der Waals surface area contributed by atoms with E-state index in [4.69, 9.17) is 0 Å². The van der Waals surface area contributed by atoms with Crippen LogP contribution < -0.4 is 10.2 Å². The SMILES string of the molecule is CNc1nc(N2CCC[C@@]3(CCC(=O)N(Cc4ccncc4)C3)C2)ncc1F. The van der Waals surface area contributed by atoms with Gasteiger partial charge in [-0.2, -0.15) is 4.98 Å². The van der Waals surface area contributed by atoms with Crippen LogP contribution in [0.4, 0.5) is 16.2 Å². The van der Waals surface area contributed by atoms with E-state index >= 15 is 0 Å². The Kier molecular flexibility index (Phi) is 5.11. The van der Waals surface area contributed by atoms with E-state index in [0.717, 1.165) is 44.5 Å². The van der Waals surface area contributed by atoms with Gasteiger partial charge in [-0.25, -0.2) is 9.37 Å². The number of carbonyl (C=O) groups is 1. The van der Waals surface area contributed by atoms with Gasteiger partial charge in [-0.05, 0) is 37.0 Å². The molecule has 2 fully saturated rings. The fourth-order valence-electron chi connectivity index (χ4n) is 4.35. The Labute approximate surface area is 164 Å². The van der Waals surface area contributed by atoms with E-state index < -0.39 is 5.82 Å². The minimum absolute atomic E-state index is 0.0245. The van der Waals surface area contributed by atoms with Gasteiger partial charge in [0.2, 0.25) is 11.9 Å². The third-order valence-electron chi connectivity index (χ3n) is 5.78. The van der Waals surface area contributed by atoms with Crippen LogP contribution in [-0.2, 0) is 11.3 Å². The maximum atomic E-state index is 13.7. The first-order valence-corrected chi connectivity index (χ1v) is 9.70. The molecule has 148 valence electrons. The van der Waals surface area contributed by atoms with Crippen LogP contribution in [0.2, 0.25) is 0 Å². The van der Waals surface area contributed by atoms with Crippen LogP contribution in [0.25, 0.3) is 0 Å². The molecule has 8 heteroatoms. The molecule has 0 aliphatic carbocycles. The zero-order valence-corrected chi connectivity index (χ0v) is 16.1. The van der Waals surface area contributed by atoms with Crippen LogP contribution in [0.15, 0.2) is 30.7 Å². The van der Waals surface area contributed by atoms with Crippen molar-refractivity contribution in [1.29, 1.82) is 0 Å². The van der Waals surface area contributed by atoms with E-state index in [-0.39, 0.29) is 17.1 Å². The number of likely N-dealkylation sites (tertiary alicyclic amines) is 1. The summed E-state index contributed by atoms with van der Waals surface area (Å²) in [4.78, 5) is 29.2. The third-order valence-corrected chi connectivity index (χ3v) is 5.78. The van der Waals surface area contributed by atoms with Gasteiger partial charge in [0.25, 0.3) is 0 Å². The molecular weight excluding hydrogens is 359 g/mol. The lowest BCUT2D eigenvalue weighted by atomic mass is 9.73. The van der Waals surface area contributed by atoms with Crippen molar-refractivity contribution < 1.29 is 9.18 Å². The highest BCUT2D eigenvalue weighted by Gasteiger charge is 2.42. The fourth-order valence-corrected chi connectivity index (χ4v) is 4.35. The molecule has 2 aromatic heterocycles. The summed E-state index contributed by atoms with van der Waals surface area (Å²) < 4.78 is 13.7. The van der Waals surface area contributed by atoms with Crippen LogP contribution in [0.3, 0.4) is 0 Å². The summed E-state index contributed by atoms with van der Waals surface area (Å²) in [6, 6.07) is 3.90. The van der Waals surface area contributed by atoms with Gasteiger partial charge in [-0.1, -0.05) is 0 Å². The Balaban J connectivity index is 1.51. The number of pyridine rings is 1. The molecule has 1 N–H and O–H groups in total. The Bertz CT molecular complexity index is 848. The highest BCUT2D eigenvalue weighted by molar-refractivity contribution is 5.77. The number of halogens is 1. The fraction of sp³-hybridized carbons (Fsp3) is 0.500. The highest BCUT2D eigenvalue weighted by Crippen LogP contribution is 2.40. The standard InChI is InChI=1S/C20H25FN6O/c1-22-18-16(21)11-24-19(25-18)26-10-2-6-20(13-26)7-3-17(28)27(14-20)12-15-4-8-23-9-5-15/h4-5,8-9,11H,2-3,6-7,10,12-14H2,1H3,(H,22,24,25)/t20-/m1/s1. The molecule has 2 aliphatic heterocycles. The quantitative estimate of drug-likeness (QED) is 0.873. The van der Waals surface area contributed by atoms with Gasteiger partial charge < -0.3 is 15.1 Å². The minimum atomic E-state index is -0.454. The van der Waals surface area contributed by atoms with Crippen molar-refractivity contribution in [3.8, 4) is 0 Å². The van der Waals surface area contributed by atoms with Crippen LogP contribution in [0, 0.1) is 11.2 Å². The molecule has 0 unspecified atom stereocenters. The lowest BCUT2D eigenvalue weighted by molar-refractivity contribution is -0.138. The minimum Gasteiger partial charge on any atom is -0.371 e. The monoisotopic (exact) mass is 384 g/mol. The molecule has 1 amide bonds. The van der Waals surface area contributed by atoms with E-state index in [9.17, 15) is 9.18 Å². The summed E-state index contributed by atoms with van der Waals surface area (Å²) in [7, 11) is 1.65. The average molecular weight is 384 g/mol. The van der Waals surface area contributed by atoms with E-state index in [1.54, 1.807) is 19.4 Å². The number of amides is 1. The number of aromatic nitrogens is 3. The topological polar surface area (TPSA) is 74.2 Å². The first kappa shape index (κ1) is 18.6. The number of nitrogens with one attached hydrogen (secondary N) is 1. The molecule has 0 saturated carbocycles. The molecule has 4 rings (SSSR count). The molecule has 2 saturated heterocycles. The summed E-state index contributed by atoms with van der Waals surface area (Å²) in [5, 5.41) is 2.78. The number of nitrogens with zero attached hydrogens (tertiary/aromatic N) is 5. The first-order chi connectivity index (χ1) is 13.6. The molecule has 0 radical (unpaired) electrons. The van der Waals surface area contributed by atoms with E-state index in [0.29, 0.717) is 18.9 Å². The maximum absolute atomic E-state index is 13.7. The van der Waals surface area contributed by atoms with Crippen molar-refractivity contribution in [1.82, 2.24) is 19.9 Å². The zero-order valence-electron chi connectivity index (χ0n) is 16.1. The van der Waals surface area contributed by atoms with Crippen molar-refractivity contribution >= 4 is 17.7 Å². The van der Waals surface area contributed by atoms with Gasteiger partial charge in [0.05, 0.1) is 6.20 Å². The third kappa shape index (κ3) is 3.76. The predicted molar refractivity (Wildman–Crippen MR) is 104 cm³/mol. The largest absolute Gasteiger partial charge is 0.371 e. The Hall–Kier alpha value is -2.77. The van der Waals surface area contributed by atoms with Gasteiger partial charge >= 0.3 is 0 Å². The molecular formula is C20H25FN6O. The molecule has 7 nitrogen and oxygen atoms in total. The number of piperidine rings is 2. The Morgan fingerprint density at radius 3 is 2.86 bits per heavy atom. The summed E-state index contributed by atoms with van der Waals surface area (Å²) in [6.45, 7) is 2.96. The van der Waals surface area contributed by atoms with Crippen LogP contribution in [0.1, 0.15) is 31.2 Å². The van der Waals surface area contributed by atoms with Gasteiger partial charge in [0.15, 0.2) is 11.6 Å². The molecule has 2 aliphatic rings. The number of hydrogen-bond donors (Lipinski definition) is 1.